The van der Waals surface area contributed by atoms with Gasteiger partial charge in [-0.1, -0.05) is 30.3 Å². The number of nitrogens with one attached hydrogen (secondary N) is 1. The van der Waals surface area contributed by atoms with Crippen molar-refractivity contribution in [1.82, 2.24) is 10.2 Å². The summed E-state index contributed by atoms with van der Waals surface area (Å²) < 4.78 is 5.07. The van der Waals surface area contributed by atoms with Crippen molar-refractivity contribution in [1.29, 1.82) is 0 Å². The van der Waals surface area contributed by atoms with E-state index in [0.717, 1.165) is 5.56 Å². The van der Waals surface area contributed by atoms with Gasteiger partial charge in [-0.15, -0.1) is 0 Å². The SMILES string of the molecule is COc1ccc(C(=O)NCC(=O)N(Cc2ccccc2)C(C)C)cc1. The quantitative estimate of drug-likeness (QED) is 0.843. The zero-order valence-electron chi connectivity index (χ0n) is 14.9. The molecule has 2 aromatic rings. The number of nitrogens with zero attached hydrogens (tertiary/aromatic N) is 1. The van der Waals surface area contributed by atoms with E-state index in [-0.39, 0.29) is 24.4 Å². The molecule has 0 bridgehead atoms. The largest absolute Gasteiger partial charge is 0.497 e. The number of benzene rings is 2. The summed E-state index contributed by atoms with van der Waals surface area (Å²) in [5, 5.41) is 2.69. The number of hydrogen-bond acceptors (Lipinski definition) is 3. The first-order chi connectivity index (χ1) is 12.0. The maximum atomic E-state index is 12.5. The standard InChI is InChI=1S/C20H24N2O3/c1-15(2)22(14-16-7-5-4-6-8-16)19(23)13-21-20(24)17-9-11-18(25-3)12-10-17/h4-12,15H,13-14H2,1-3H3,(H,21,24). The first-order valence-electron chi connectivity index (χ1n) is 8.27. The van der Waals surface area contributed by atoms with Crippen molar-refractivity contribution < 1.29 is 14.3 Å². The molecule has 5 nitrogen and oxygen atoms in total. The van der Waals surface area contributed by atoms with Gasteiger partial charge in [0.25, 0.3) is 5.91 Å². The highest BCUT2D eigenvalue weighted by molar-refractivity contribution is 5.96. The highest BCUT2D eigenvalue weighted by Crippen LogP contribution is 2.11. The lowest BCUT2D eigenvalue weighted by molar-refractivity contribution is -0.132. The summed E-state index contributed by atoms with van der Waals surface area (Å²) >= 11 is 0. The summed E-state index contributed by atoms with van der Waals surface area (Å²) in [4.78, 5) is 26.4. The normalized spacial score (nSPS) is 10.4. The number of methoxy groups -OCH3 is 1. The van der Waals surface area contributed by atoms with Gasteiger partial charge in [0.2, 0.25) is 5.91 Å². The van der Waals surface area contributed by atoms with Gasteiger partial charge in [-0.3, -0.25) is 9.59 Å². The molecule has 0 spiro atoms. The summed E-state index contributed by atoms with van der Waals surface area (Å²) in [6, 6.07) is 16.6. The topological polar surface area (TPSA) is 58.6 Å². The number of amides is 2. The van der Waals surface area contributed by atoms with E-state index in [0.29, 0.717) is 17.9 Å². The Morgan fingerprint density at radius 3 is 2.24 bits per heavy atom. The molecular formula is C20H24N2O3. The highest BCUT2D eigenvalue weighted by atomic mass is 16.5. The van der Waals surface area contributed by atoms with E-state index in [2.05, 4.69) is 5.32 Å². The van der Waals surface area contributed by atoms with Crippen LogP contribution in [0.4, 0.5) is 0 Å². The lowest BCUT2D eigenvalue weighted by Crippen LogP contribution is -2.43. The van der Waals surface area contributed by atoms with Gasteiger partial charge in [0, 0.05) is 18.2 Å². The number of carbonyl (C=O) groups excluding carboxylic acids is 2. The molecule has 0 saturated heterocycles. The van der Waals surface area contributed by atoms with Crippen LogP contribution in [-0.4, -0.2) is 36.4 Å². The third-order valence-electron chi connectivity index (χ3n) is 3.89. The van der Waals surface area contributed by atoms with Crippen molar-refractivity contribution in [2.75, 3.05) is 13.7 Å². The lowest BCUT2D eigenvalue weighted by atomic mass is 10.2. The van der Waals surface area contributed by atoms with E-state index in [4.69, 9.17) is 4.74 Å². The van der Waals surface area contributed by atoms with Crippen LogP contribution in [0.25, 0.3) is 0 Å². The minimum atomic E-state index is -0.278. The lowest BCUT2D eigenvalue weighted by Gasteiger charge is -2.27. The van der Waals surface area contributed by atoms with Crippen LogP contribution in [0.15, 0.2) is 54.6 Å². The van der Waals surface area contributed by atoms with Crippen molar-refractivity contribution >= 4 is 11.8 Å². The molecule has 0 aliphatic carbocycles. The van der Waals surface area contributed by atoms with Gasteiger partial charge >= 0.3 is 0 Å². The second kappa shape index (κ2) is 8.87. The molecule has 1 N–H and O–H groups in total. The fraction of sp³-hybridized carbons (Fsp3) is 0.300. The maximum absolute atomic E-state index is 12.5. The summed E-state index contributed by atoms with van der Waals surface area (Å²) in [5.74, 6) is 0.293. The Kier molecular flexibility index (Phi) is 6.57. The predicted molar refractivity (Wildman–Crippen MR) is 97.5 cm³/mol. The molecule has 5 heteroatoms. The van der Waals surface area contributed by atoms with Gasteiger partial charge < -0.3 is 15.0 Å². The Morgan fingerprint density at radius 1 is 1.04 bits per heavy atom. The molecule has 0 unspecified atom stereocenters. The van der Waals surface area contributed by atoms with E-state index in [1.54, 1.807) is 36.3 Å². The van der Waals surface area contributed by atoms with Crippen LogP contribution in [0.1, 0.15) is 29.8 Å². The van der Waals surface area contributed by atoms with Gasteiger partial charge in [-0.25, -0.2) is 0 Å². The minimum Gasteiger partial charge on any atom is -0.497 e. The number of rotatable bonds is 7. The predicted octanol–water partition coefficient (Wildman–Crippen LogP) is 2.86. The van der Waals surface area contributed by atoms with Crippen LogP contribution in [0.3, 0.4) is 0 Å². The van der Waals surface area contributed by atoms with Crippen molar-refractivity contribution in [2.45, 2.75) is 26.4 Å². The number of carbonyl (C=O) groups is 2. The molecule has 2 aromatic carbocycles. The van der Waals surface area contributed by atoms with Crippen LogP contribution >= 0.6 is 0 Å². The summed E-state index contributed by atoms with van der Waals surface area (Å²) in [6.07, 6.45) is 0. The van der Waals surface area contributed by atoms with E-state index in [1.807, 2.05) is 44.2 Å². The molecular weight excluding hydrogens is 316 g/mol. The molecule has 2 amide bonds. The Morgan fingerprint density at radius 2 is 1.68 bits per heavy atom. The average molecular weight is 340 g/mol. The molecule has 0 radical (unpaired) electrons. The average Bonchev–Trinajstić information content (AvgIpc) is 2.64. The first-order valence-corrected chi connectivity index (χ1v) is 8.27. The molecule has 0 atom stereocenters. The zero-order chi connectivity index (χ0) is 18.2. The Labute approximate surface area is 148 Å². The zero-order valence-corrected chi connectivity index (χ0v) is 14.9. The van der Waals surface area contributed by atoms with Gasteiger partial charge in [-0.05, 0) is 43.7 Å². The molecule has 2 rings (SSSR count). The highest BCUT2D eigenvalue weighted by Gasteiger charge is 2.18. The molecule has 0 saturated carbocycles. The molecule has 0 aromatic heterocycles. The third kappa shape index (κ3) is 5.35. The molecule has 25 heavy (non-hydrogen) atoms. The number of ether oxygens (including phenoxy) is 1. The monoisotopic (exact) mass is 340 g/mol. The first kappa shape index (κ1) is 18.5. The Hall–Kier alpha value is -2.82. The third-order valence-corrected chi connectivity index (χ3v) is 3.89. The van der Waals surface area contributed by atoms with Gasteiger partial charge in [-0.2, -0.15) is 0 Å². The Balaban J connectivity index is 1.94. The van der Waals surface area contributed by atoms with Crippen molar-refractivity contribution in [2.24, 2.45) is 0 Å². The molecule has 0 fully saturated rings. The van der Waals surface area contributed by atoms with E-state index in [1.165, 1.54) is 0 Å². The summed E-state index contributed by atoms with van der Waals surface area (Å²) in [7, 11) is 1.57. The fourth-order valence-electron chi connectivity index (χ4n) is 2.44. The van der Waals surface area contributed by atoms with Crippen molar-refractivity contribution in [3.05, 3.63) is 65.7 Å². The van der Waals surface area contributed by atoms with Gasteiger partial charge in [0.1, 0.15) is 5.75 Å². The maximum Gasteiger partial charge on any atom is 0.251 e. The number of hydrogen-bond donors (Lipinski definition) is 1. The Bertz CT molecular complexity index is 697. The van der Waals surface area contributed by atoms with Crippen molar-refractivity contribution in [3.8, 4) is 5.75 Å². The molecule has 0 heterocycles. The van der Waals surface area contributed by atoms with E-state index < -0.39 is 0 Å². The van der Waals surface area contributed by atoms with Gasteiger partial charge in [0.05, 0.1) is 13.7 Å². The minimum absolute atomic E-state index is 0.0319. The molecule has 132 valence electrons. The summed E-state index contributed by atoms with van der Waals surface area (Å²) in [5.41, 5.74) is 1.55. The van der Waals surface area contributed by atoms with Gasteiger partial charge in [0.15, 0.2) is 0 Å². The van der Waals surface area contributed by atoms with Crippen LogP contribution in [0.5, 0.6) is 5.75 Å². The molecule has 0 aliphatic heterocycles. The van der Waals surface area contributed by atoms with Crippen LogP contribution in [-0.2, 0) is 11.3 Å². The second-order valence-electron chi connectivity index (χ2n) is 6.01. The fourth-order valence-corrected chi connectivity index (χ4v) is 2.44. The van der Waals surface area contributed by atoms with E-state index in [9.17, 15) is 9.59 Å². The van der Waals surface area contributed by atoms with Crippen molar-refractivity contribution in [3.63, 3.8) is 0 Å². The summed E-state index contributed by atoms with van der Waals surface area (Å²) in [6.45, 7) is 4.42. The molecule has 0 aliphatic rings. The van der Waals surface area contributed by atoms with Crippen LogP contribution in [0, 0.1) is 0 Å². The van der Waals surface area contributed by atoms with Crippen LogP contribution < -0.4 is 10.1 Å². The second-order valence-corrected chi connectivity index (χ2v) is 6.01. The van der Waals surface area contributed by atoms with E-state index >= 15 is 0 Å². The van der Waals surface area contributed by atoms with Crippen LogP contribution in [0.2, 0.25) is 0 Å². The smallest absolute Gasteiger partial charge is 0.251 e.